The number of benzene rings is 1. The Bertz CT molecular complexity index is 323. The molecule has 1 N–H and O–H groups in total. The lowest BCUT2D eigenvalue weighted by atomic mass is 9.94. The predicted molar refractivity (Wildman–Crippen MR) is 55.0 cm³/mol. The molecule has 0 radical (unpaired) electrons. The van der Waals surface area contributed by atoms with Crippen molar-refractivity contribution in [1.82, 2.24) is 5.32 Å². The van der Waals surface area contributed by atoms with E-state index in [1.807, 2.05) is 20.9 Å². The van der Waals surface area contributed by atoms with Gasteiger partial charge in [0.15, 0.2) is 11.6 Å². The van der Waals surface area contributed by atoms with Crippen LogP contribution >= 0.6 is 0 Å². The molecule has 0 saturated heterocycles. The minimum Gasteiger partial charge on any atom is -0.494 e. The van der Waals surface area contributed by atoms with Crippen molar-refractivity contribution < 1.29 is 9.13 Å². The summed E-state index contributed by atoms with van der Waals surface area (Å²) < 4.78 is 18.0. The Hall–Kier alpha value is -1.09. The molecule has 2 nitrogen and oxygen atoms in total. The first kappa shape index (κ1) is 11.0. The molecule has 0 aromatic heterocycles. The predicted octanol–water partition coefficient (Wildman–Crippen LogP) is 2.29. The van der Waals surface area contributed by atoms with E-state index in [4.69, 9.17) is 4.74 Å². The topological polar surface area (TPSA) is 21.3 Å². The van der Waals surface area contributed by atoms with Crippen LogP contribution < -0.4 is 10.1 Å². The Morgan fingerprint density at radius 1 is 1.36 bits per heavy atom. The molecule has 0 spiro atoms. The number of hydrogen-bond acceptors (Lipinski definition) is 2. The van der Waals surface area contributed by atoms with Crippen molar-refractivity contribution in [3.05, 3.63) is 29.6 Å². The molecule has 3 heteroatoms. The zero-order valence-electron chi connectivity index (χ0n) is 9.02. The number of ether oxygens (including phenoxy) is 1. The third-order valence-corrected chi connectivity index (χ3v) is 2.50. The van der Waals surface area contributed by atoms with E-state index in [0.29, 0.717) is 0 Å². The highest BCUT2D eigenvalue weighted by Crippen LogP contribution is 2.25. The lowest BCUT2D eigenvalue weighted by molar-refractivity contribution is 0.380. The summed E-state index contributed by atoms with van der Waals surface area (Å²) in [7, 11) is 3.34. The van der Waals surface area contributed by atoms with Crippen molar-refractivity contribution in [3.63, 3.8) is 0 Å². The number of hydrogen-bond donors (Lipinski definition) is 1. The smallest absolute Gasteiger partial charge is 0.165 e. The maximum absolute atomic E-state index is 13.1. The molecule has 1 aromatic rings. The van der Waals surface area contributed by atoms with Gasteiger partial charge in [-0.3, -0.25) is 0 Å². The van der Waals surface area contributed by atoms with Gasteiger partial charge in [0.1, 0.15) is 0 Å². The fourth-order valence-corrected chi connectivity index (χ4v) is 1.19. The van der Waals surface area contributed by atoms with E-state index in [-0.39, 0.29) is 17.1 Å². The first-order valence-electron chi connectivity index (χ1n) is 4.54. The molecule has 0 saturated carbocycles. The first-order valence-corrected chi connectivity index (χ1v) is 4.54. The third-order valence-electron chi connectivity index (χ3n) is 2.50. The van der Waals surface area contributed by atoms with E-state index >= 15 is 0 Å². The molecule has 14 heavy (non-hydrogen) atoms. The van der Waals surface area contributed by atoms with Crippen molar-refractivity contribution >= 4 is 0 Å². The van der Waals surface area contributed by atoms with Crippen LogP contribution in [-0.4, -0.2) is 14.2 Å². The zero-order chi connectivity index (χ0) is 10.8. The van der Waals surface area contributed by atoms with Crippen LogP contribution in [-0.2, 0) is 5.54 Å². The average molecular weight is 197 g/mol. The van der Waals surface area contributed by atoms with Gasteiger partial charge >= 0.3 is 0 Å². The highest BCUT2D eigenvalue weighted by molar-refractivity contribution is 5.33. The lowest BCUT2D eigenvalue weighted by Crippen LogP contribution is -2.33. The second-order valence-electron chi connectivity index (χ2n) is 3.72. The molecule has 0 fully saturated rings. The maximum atomic E-state index is 13.1. The normalized spacial score (nSPS) is 11.5. The Morgan fingerprint density at radius 2 is 2.00 bits per heavy atom. The van der Waals surface area contributed by atoms with Crippen LogP contribution in [0.4, 0.5) is 4.39 Å². The molecule has 0 amide bonds. The van der Waals surface area contributed by atoms with Gasteiger partial charge < -0.3 is 10.1 Å². The average Bonchev–Trinajstić information content (AvgIpc) is 2.18. The van der Waals surface area contributed by atoms with Crippen LogP contribution in [0.5, 0.6) is 5.75 Å². The van der Waals surface area contributed by atoms with Crippen molar-refractivity contribution in [2.24, 2.45) is 0 Å². The molecule has 0 bridgehead atoms. The maximum Gasteiger partial charge on any atom is 0.165 e. The van der Waals surface area contributed by atoms with Crippen LogP contribution in [0.25, 0.3) is 0 Å². The summed E-state index contributed by atoms with van der Waals surface area (Å²) in [4.78, 5) is 0. The van der Waals surface area contributed by atoms with E-state index in [9.17, 15) is 4.39 Å². The van der Waals surface area contributed by atoms with Crippen molar-refractivity contribution in [3.8, 4) is 5.75 Å². The Kier molecular flexibility index (Phi) is 3.11. The number of nitrogens with one attached hydrogen (secondary N) is 1. The largest absolute Gasteiger partial charge is 0.494 e. The van der Waals surface area contributed by atoms with Crippen molar-refractivity contribution in [1.29, 1.82) is 0 Å². The van der Waals surface area contributed by atoms with Gasteiger partial charge in [0.05, 0.1) is 7.11 Å². The minimum absolute atomic E-state index is 0.180. The summed E-state index contributed by atoms with van der Waals surface area (Å²) in [5, 5.41) is 3.15. The van der Waals surface area contributed by atoms with Crippen molar-refractivity contribution in [2.45, 2.75) is 19.4 Å². The van der Waals surface area contributed by atoms with E-state index < -0.39 is 0 Å². The summed E-state index contributed by atoms with van der Waals surface area (Å²) in [5.74, 6) is -0.0472. The standard InChI is InChI=1S/C11H16FNO/c1-11(2,13-3)8-5-6-9(12)10(7-8)14-4/h5-7,13H,1-4H3. The van der Waals surface area contributed by atoms with E-state index in [1.165, 1.54) is 13.2 Å². The number of halogens is 1. The molecular weight excluding hydrogens is 181 g/mol. The van der Waals surface area contributed by atoms with Gasteiger partial charge in [-0.2, -0.15) is 0 Å². The Labute approximate surface area is 84.1 Å². The quantitative estimate of drug-likeness (QED) is 0.802. The van der Waals surface area contributed by atoms with E-state index in [0.717, 1.165) is 5.56 Å². The molecule has 0 aliphatic heterocycles. The third kappa shape index (κ3) is 2.04. The van der Waals surface area contributed by atoms with Gasteiger partial charge in [-0.15, -0.1) is 0 Å². The second kappa shape index (κ2) is 3.96. The summed E-state index contributed by atoms with van der Waals surface area (Å²) in [6, 6.07) is 4.90. The molecule has 78 valence electrons. The monoisotopic (exact) mass is 197 g/mol. The highest BCUT2D eigenvalue weighted by atomic mass is 19.1. The van der Waals surface area contributed by atoms with E-state index in [1.54, 1.807) is 12.1 Å². The second-order valence-corrected chi connectivity index (χ2v) is 3.72. The molecule has 1 rings (SSSR count). The molecule has 0 aliphatic carbocycles. The molecule has 0 aliphatic rings. The molecule has 0 heterocycles. The van der Waals surface area contributed by atoms with Gasteiger partial charge in [0.2, 0.25) is 0 Å². The minimum atomic E-state index is -0.330. The van der Waals surface area contributed by atoms with Gasteiger partial charge in [-0.25, -0.2) is 4.39 Å². The first-order chi connectivity index (χ1) is 6.51. The summed E-state index contributed by atoms with van der Waals surface area (Å²) in [5.41, 5.74) is 0.819. The van der Waals surface area contributed by atoms with Gasteiger partial charge in [0.25, 0.3) is 0 Å². The molecule has 1 aromatic carbocycles. The zero-order valence-corrected chi connectivity index (χ0v) is 9.02. The van der Waals surface area contributed by atoms with E-state index in [2.05, 4.69) is 5.32 Å². The van der Waals surface area contributed by atoms with Gasteiger partial charge in [-0.05, 0) is 38.6 Å². The summed E-state index contributed by atoms with van der Waals surface area (Å²) in [6.07, 6.45) is 0. The molecule has 0 unspecified atom stereocenters. The summed E-state index contributed by atoms with van der Waals surface area (Å²) >= 11 is 0. The Morgan fingerprint density at radius 3 is 2.50 bits per heavy atom. The lowest BCUT2D eigenvalue weighted by Gasteiger charge is -2.25. The van der Waals surface area contributed by atoms with Crippen molar-refractivity contribution in [2.75, 3.05) is 14.2 Å². The van der Waals surface area contributed by atoms with Crippen LogP contribution in [0.2, 0.25) is 0 Å². The molecular formula is C11H16FNO. The van der Waals surface area contributed by atoms with Crippen LogP contribution in [0.1, 0.15) is 19.4 Å². The fraction of sp³-hybridized carbons (Fsp3) is 0.455. The van der Waals surface area contributed by atoms with Crippen LogP contribution in [0, 0.1) is 5.82 Å². The Balaban J connectivity index is 3.12. The molecule has 0 atom stereocenters. The fourth-order valence-electron chi connectivity index (χ4n) is 1.19. The van der Waals surface area contributed by atoms with Gasteiger partial charge in [-0.1, -0.05) is 6.07 Å². The van der Waals surface area contributed by atoms with Crippen LogP contribution in [0.15, 0.2) is 18.2 Å². The van der Waals surface area contributed by atoms with Crippen LogP contribution in [0.3, 0.4) is 0 Å². The van der Waals surface area contributed by atoms with Gasteiger partial charge in [0, 0.05) is 5.54 Å². The SMILES string of the molecule is CNC(C)(C)c1ccc(F)c(OC)c1. The number of methoxy groups -OCH3 is 1. The number of rotatable bonds is 3. The highest BCUT2D eigenvalue weighted by Gasteiger charge is 2.19. The summed E-state index contributed by atoms with van der Waals surface area (Å²) in [6.45, 7) is 4.05.